The number of aromatic hydroxyl groups is 1. The number of carbonyl (C=O) groups excluding carboxylic acids is 1. The zero-order chi connectivity index (χ0) is 10.4. The highest BCUT2D eigenvalue weighted by molar-refractivity contribution is 5.92. The fraction of sp³-hybridized carbons (Fsp3) is 0.100. The largest absolute Gasteiger partial charge is 0.516 e. The minimum Gasteiger partial charge on any atom is -0.516 e. The molecule has 1 aromatic rings. The fourth-order valence-corrected chi connectivity index (χ4v) is 0.891. The van der Waals surface area contributed by atoms with Crippen molar-refractivity contribution in [2.24, 2.45) is 0 Å². The first-order chi connectivity index (χ1) is 6.75. The molecule has 0 atom stereocenters. The lowest BCUT2D eigenvalue weighted by Crippen LogP contribution is -2.05. The number of ether oxygens (including phenoxy) is 1. The first-order valence-corrected chi connectivity index (χ1v) is 4.00. The van der Waals surface area contributed by atoms with E-state index >= 15 is 0 Å². The number of esters is 1. The highest BCUT2D eigenvalue weighted by Crippen LogP contribution is 2.16. The van der Waals surface area contributed by atoms with E-state index in [4.69, 9.17) is 9.84 Å². The van der Waals surface area contributed by atoms with Crippen molar-refractivity contribution in [2.45, 2.75) is 0 Å². The van der Waals surface area contributed by atoms with Crippen molar-refractivity contribution < 1.29 is 19.7 Å². The number of hydrogen-bond acceptors (Lipinski definition) is 4. The first-order valence-electron chi connectivity index (χ1n) is 4.00. The molecule has 0 aliphatic rings. The molecule has 0 unspecified atom stereocenters. The maximum atomic E-state index is 11.2. The fourth-order valence-electron chi connectivity index (χ4n) is 0.891. The van der Waals surface area contributed by atoms with E-state index in [2.05, 4.69) is 0 Å². The van der Waals surface area contributed by atoms with Crippen molar-refractivity contribution in [3.63, 3.8) is 0 Å². The van der Waals surface area contributed by atoms with Gasteiger partial charge in [-0.05, 0) is 18.2 Å². The van der Waals surface area contributed by atoms with Crippen LogP contribution < -0.4 is 0 Å². The van der Waals surface area contributed by atoms with Gasteiger partial charge in [0.05, 0.1) is 6.26 Å². The SMILES string of the molecule is O=C(OCC=CO)c1ccccc1O. The molecule has 1 rings (SSSR count). The van der Waals surface area contributed by atoms with Gasteiger partial charge in [-0.25, -0.2) is 4.79 Å². The Morgan fingerprint density at radius 2 is 2.14 bits per heavy atom. The third-order valence-corrected chi connectivity index (χ3v) is 1.54. The van der Waals surface area contributed by atoms with Gasteiger partial charge in [-0.2, -0.15) is 0 Å². The number of para-hydroxylation sites is 1. The smallest absolute Gasteiger partial charge is 0.342 e. The van der Waals surface area contributed by atoms with Gasteiger partial charge >= 0.3 is 5.97 Å². The minimum atomic E-state index is -0.624. The molecular weight excluding hydrogens is 184 g/mol. The number of phenolic OH excluding ortho intramolecular Hbond substituents is 1. The quantitative estimate of drug-likeness (QED) is 0.566. The van der Waals surface area contributed by atoms with Gasteiger partial charge in [0.2, 0.25) is 0 Å². The van der Waals surface area contributed by atoms with Crippen LogP contribution in [0.2, 0.25) is 0 Å². The Kier molecular flexibility index (Phi) is 3.55. The summed E-state index contributed by atoms with van der Waals surface area (Å²) in [5.74, 6) is -0.744. The van der Waals surface area contributed by atoms with Gasteiger partial charge in [-0.1, -0.05) is 12.1 Å². The third kappa shape index (κ3) is 2.52. The molecule has 0 saturated carbocycles. The highest BCUT2D eigenvalue weighted by atomic mass is 16.5. The Morgan fingerprint density at radius 3 is 2.79 bits per heavy atom. The summed E-state index contributed by atoms with van der Waals surface area (Å²) in [6, 6.07) is 6.09. The second kappa shape index (κ2) is 4.91. The van der Waals surface area contributed by atoms with Crippen LogP contribution in [0.3, 0.4) is 0 Å². The average molecular weight is 194 g/mol. The number of aliphatic hydroxyl groups is 1. The Labute approximate surface area is 81.1 Å². The molecule has 0 aliphatic carbocycles. The van der Waals surface area contributed by atoms with E-state index in [-0.39, 0.29) is 17.9 Å². The van der Waals surface area contributed by atoms with E-state index in [1.165, 1.54) is 18.2 Å². The average Bonchev–Trinajstić information content (AvgIpc) is 2.18. The normalized spacial score (nSPS) is 10.3. The van der Waals surface area contributed by atoms with Crippen LogP contribution in [0.5, 0.6) is 5.75 Å². The maximum absolute atomic E-state index is 11.2. The lowest BCUT2D eigenvalue weighted by molar-refractivity contribution is 0.0545. The van der Waals surface area contributed by atoms with Crippen molar-refractivity contribution in [1.82, 2.24) is 0 Å². The van der Waals surface area contributed by atoms with Crippen LogP contribution in [-0.4, -0.2) is 22.8 Å². The Hall–Kier alpha value is -1.97. The molecule has 0 heterocycles. The van der Waals surface area contributed by atoms with Crippen molar-refractivity contribution in [3.05, 3.63) is 42.2 Å². The van der Waals surface area contributed by atoms with Gasteiger partial charge in [0, 0.05) is 0 Å². The number of carbonyl (C=O) groups is 1. The van der Waals surface area contributed by atoms with Gasteiger partial charge < -0.3 is 14.9 Å². The molecule has 0 aliphatic heterocycles. The second-order valence-electron chi connectivity index (χ2n) is 2.50. The Morgan fingerprint density at radius 1 is 1.43 bits per heavy atom. The lowest BCUT2D eigenvalue weighted by atomic mass is 10.2. The molecule has 0 bridgehead atoms. The van der Waals surface area contributed by atoms with Crippen molar-refractivity contribution in [2.75, 3.05) is 6.61 Å². The summed E-state index contributed by atoms with van der Waals surface area (Å²) < 4.78 is 4.70. The molecule has 0 aromatic heterocycles. The minimum absolute atomic E-state index is 0.0241. The summed E-state index contributed by atoms with van der Waals surface area (Å²) in [7, 11) is 0. The summed E-state index contributed by atoms with van der Waals surface area (Å²) in [4.78, 5) is 11.2. The van der Waals surface area contributed by atoms with Gasteiger partial charge in [-0.3, -0.25) is 0 Å². The molecule has 1 aromatic carbocycles. The maximum Gasteiger partial charge on any atom is 0.342 e. The molecule has 0 spiro atoms. The topological polar surface area (TPSA) is 66.8 Å². The Bertz CT molecular complexity index is 344. The van der Waals surface area contributed by atoms with Crippen molar-refractivity contribution in [1.29, 1.82) is 0 Å². The molecule has 0 radical (unpaired) electrons. The van der Waals surface area contributed by atoms with Gasteiger partial charge in [0.15, 0.2) is 0 Å². The number of aliphatic hydroxyl groups excluding tert-OH is 1. The van der Waals surface area contributed by atoms with E-state index in [9.17, 15) is 9.90 Å². The zero-order valence-electron chi connectivity index (χ0n) is 7.38. The Balaban J connectivity index is 2.65. The predicted molar refractivity (Wildman–Crippen MR) is 50.2 cm³/mol. The van der Waals surface area contributed by atoms with Gasteiger partial charge in [-0.15, -0.1) is 0 Å². The lowest BCUT2D eigenvalue weighted by Gasteiger charge is -2.02. The molecule has 0 amide bonds. The summed E-state index contributed by atoms with van der Waals surface area (Å²) >= 11 is 0. The number of rotatable bonds is 3. The number of phenols is 1. The summed E-state index contributed by atoms with van der Waals surface area (Å²) in [6.07, 6.45) is 2.07. The first kappa shape index (κ1) is 10.1. The molecular formula is C10H10O4. The molecule has 74 valence electrons. The van der Waals surface area contributed by atoms with Crippen LogP contribution in [0.25, 0.3) is 0 Å². The van der Waals surface area contributed by atoms with E-state index in [1.807, 2.05) is 0 Å². The molecule has 4 nitrogen and oxygen atoms in total. The summed E-state index contributed by atoms with van der Waals surface area (Å²) in [6.45, 7) is -0.0241. The van der Waals surface area contributed by atoms with E-state index in [1.54, 1.807) is 12.1 Å². The van der Waals surface area contributed by atoms with Crippen LogP contribution in [0.4, 0.5) is 0 Å². The van der Waals surface area contributed by atoms with Crippen LogP contribution >= 0.6 is 0 Å². The van der Waals surface area contributed by atoms with Crippen LogP contribution in [0.15, 0.2) is 36.6 Å². The molecule has 0 fully saturated rings. The van der Waals surface area contributed by atoms with E-state index < -0.39 is 5.97 Å². The van der Waals surface area contributed by atoms with E-state index in [0.29, 0.717) is 0 Å². The van der Waals surface area contributed by atoms with Crippen molar-refractivity contribution >= 4 is 5.97 Å². The zero-order valence-corrected chi connectivity index (χ0v) is 7.38. The second-order valence-corrected chi connectivity index (χ2v) is 2.50. The van der Waals surface area contributed by atoms with Gasteiger partial charge in [0.1, 0.15) is 17.9 Å². The molecule has 0 saturated heterocycles. The molecule has 14 heavy (non-hydrogen) atoms. The summed E-state index contributed by atoms with van der Waals surface area (Å²) in [5.41, 5.74) is 0.110. The monoisotopic (exact) mass is 194 g/mol. The van der Waals surface area contributed by atoms with Crippen LogP contribution in [0.1, 0.15) is 10.4 Å². The van der Waals surface area contributed by atoms with E-state index in [0.717, 1.165) is 6.26 Å². The third-order valence-electron chi connectivity index (χ3n) is 1.54. The molecule has 4 heteroatoms. The van der Waals surface area contributed by atoms with Crippen LogP contribution in [-0.2, 0) is 4.74 Å². The number of benzene rings is 1. The molecule has 2 N–H and O–H groups in total. The summed E-state index contributed by atoms with van der Waals surface area (Å²) in [5, 5.41) is 17.6. The predicted octanol–water partition coefficient (Wildman–Crippen LogP) is 1.62. The standard InChI is InChI=1S/C10H10O4/c11-6-3-7-14-10(13)8-4-1-2-5-9(8)12/h1-6,11-12H,7H2. The van der Waals surface area contributed by atoms with Crippen LogP contribution in [0, 0.1) is 0 Å². The van der Waals surface area contributed by atoms with Gasteiger partial charge in [0.25, 0.3) is 0 Å². The van der Waals surface area contributed by atoms with Crippen molar-refractivity contribution in [3.8, 4) is 5.75 Å². The highest BCUT2D eigenvalue weighted by Gasteiger charge is 2.10. The number of hydrogen-bond donors (Lipinski definition) is 2.